The van der Waals surface area contributed by atoms with E-state index in [0.29, 0.717) is 6.61 Å². The van der Waals surface area contributed by atoms with Gasteiger partial charge in [-0.2, -0.15) is 0 Å². The van der Waals surface area contributed by atoms with E-state index in [1.807, 2.05) is 31.5 Å². The lowest BCUT2D eigenvalue weighted by molar-refractivity contribution is 0.340. The van der Waals surface area contributed by atoms with Gasteiger partial charge in [0.1, 0.15) is 5.75 Å². The predicted molar refractivity (Wildman–Crippen MR) is 63.5 cm³/mol. The molecule has 0 aliphatic heterocycles. The fraction of sp³-hybridized carbons (Fsp3) is 0.250. The SMILES string of the molecule is CCOc1cccc(-c2scnc2C)c1. The van der Waals surface area contributed by atoms with Gasteiger partial charge in [-0.3, -0.25) is 0 Å². The summed E-state index contributed by atoms with van der Waals surface area (Å²) in [6.45, 7) is 4.72. The van der Waals surface area contributed by atoms with Gasteiger partial charge in [-0.25, -0.2) is 4.98 Å². The first-order valence-electron chi connectivity index (χ1n) is 4.94. The number of hydrogen-bond acceptors (Lipinski definition) is 3. The van der Waals surface area contributed by atoms with Crippen LogP contribution in [0.2, 0.25) is 0 Å². The van der Waals surface area contributed by atoms with Crippen LogP contribution in [0, 0.1) is 6.92 Å². The molecule has 0 N–H and O–H groups in total. The summed E-state index contributed by atoms with van der Waals surface area (Å²) in [5.41, 5.74) is 4.13. The van der Waals surface area contributed by atoms with Crippen LogP contribution in [0.15, 0.2) is 29.8 Å². The Morgan fingerprint density at radius 3 is 2.93 bits per heavy atom. The lowest BCUT2D eigenvalue weighted by Gasteiger charge is -2.04. The lowest BCUT2D eigenvalue weighted by Crippen LogP contribution is -1.91. The van der Waals surface area contributed by atoms with Gasteiger partial charge in [-0.1, -0.05) is 12.1 Å². The van der Waals surface area contributed by atoms with Crippen molar-refractivity contribution in [2.45, 2.75) is 13.8 Å². The Hall–Kier alpha value is -1.35. The molecule has 0 unspecified atom stereocenters. The van der Waals surface area contributed by atoms with Crippen LogP contribution in [0.5, 0.6) is 5.75 Å². The first kappa shape index (κ1) is 10.2. The molecule has 0 aliphatic carbocycles. The lowest BCUT2D eigenvalue weighted by atomic mass is 10.1. The Morgan fingerprint density at radius 2 is 2.27 bits per heavy atom. The minimum Gasteiger partial charge on any atom is -0.494 e. The van der Waals surface area contributed by atoms with E-state index in [0.717, 1.165) is 11.4 Å². The molecule has 0 bridgehead atoms. The number of benzene rings is 1. The molecule has 1 aromatic heterocycles. The summed E-state index contributed by atoms with van der Waals surface area (Å²) in [5, 5.41) is 0. The van der Waals surface area contributed by atoms with Crippen molar-refractivity contribution in [3.8, 4) is 16.2 Å². The molecule has 0 saturated carbocycles. The molecule has 2 rings (SSSR count). The van der Waals surface area contributed by atoms with Gasteiger partial charge in [0.15, 0.2) is 0 Å². The van der Waals surface area contributed by atoms with E-state index in [-0.39, 0.29) is 0 Å². The van der Waals surface area contributed by atoms with E-state index < -0.39 is 0 Å². The van der Waals surface area contributed by atoms with Crippen LogP contribution < -0.4 is 4.74 Å². The van der Waals surface area contributed by atoms with Gasteiger partial charge in [0.2, 0.25) is 0 Å². The number of nitrogens with zero attached hydrogens (tertiary/aromatic N) is 1. The molecule has 0 atom stereocenters. The number of ether oxygens (including phenoxy) is 1. The zero-order valence-corrected chi connectivity index (χ0v) is 9.67. The van der Waals surface area contributed by atoms with Crippen molar-refractivity contribution in [1.82, 2.24) is 4.98 Å². The minimum absolute atomic E-state index is 0.700. The standard InChI is InChI=1S/C12H13NOS/c1-3-14-11-6-4-5-10(7-11)12-9(2)13-8-15-12/h4-8H,3H2,1-2H3. The average Bonchev–Trinajstić information content (AvgIpc) is 2.65. The number of hydrogen-bond donors (Lipinski definition) is 0. The third kappa shape index (κ3) is 2.18. The molecule has 2 aromatic rings. The molecule has 78 valence electrons. The monoisotopic (exact) mass is 219 g/mol. The van der Waals surface area contributed by atoms with Crippen LogP contribution in [0.1, 0.15) is 12.6 Å². The quantitative estimate of drug-likeness (QED) is 0.788. The zero-order chi connectivity index (χ0) is 10.7. The van der Waals surface area contributed by atoms with Crippen LogP contribution in [0.25, 0.3) is 10.4 Å². The van der Waals surface area contributed by atoms with E-state index in [2.05, 4.69) is 17.1 Å². The van der Waals surface area contributed by atoms with Gasteiger partial charge >= 0.3 is 0 Å². The van der Waals surface area contributed by atoms with E-state index in [4.69, 9.17) is 4.74 Å². The maximum absolute atomic E-state index is 5.47. The van der Waals surface area contributed by atoms with E-state index >= 15 is 0 Å². The van der Waals surface area contributed by atoms with Crippen LogP contribution in [-0.2, 0) is 0 Å². The number of thiazole rings is 1. The van der Waals surface area contributed by atoms with Crippen LogP contribution in [0.4, 0.5) is 0 Å². The molecular weight excluding hydrogens is 206 g/mol. The van der Waals surface area contributed by atoms with Crippen molar-refractivity contribution >= 4 is 11.3 Å². The van der Waals surface area contributed by atoms with E-state index in [1.54, 1.807) is 11.3 Å². The molecule has 1 heterocycles. The van der Waals surface area contributed by atoms with Gasteiger partial charge in [0.05, 0.1) is 22.7 Å². The highest BCUT2D eigenvalue weighted by Gasteiger charge is 2.05. The van der Waals surface area contributed by atoms with E-state index in [1.165, 1.54) is 10.4 Å². The Kier molecular flexibility index (Phi) is 3.02. The summed E-state index contributed by atoms with van der Waals surface area (Å²) < 4.78 is 5.47. The Bertz CT molecular complexity index is 450. The molecule has 15 heavy (non-hydrogen) atoms. The Morgan fingerprint density at radius 1 is 1.40 bits per heavy atom. The summed E-state index contributed by atoms with van der Waals surface area (Å²) in [6.07, 6.45) is 0. The van der Waals surface area contributed by atoms with Gasteiger partial charge < -0.3 is 4.74 Å². The van der Waals surface area contributed by atoms with Gasteiger partial charge in [0, 0.05) is 0 Å². The number of rotatable bonds is 3. The van der Waals surface area contributed by atoms with Gasteiger partial charge in [-0.15, -0.1) is 11.3 Å². The second-order valence-corrected chi connectivity index (χ2v) is 4.08. The molecular formula is C12H13NOS. The van der Waals surface area contributed by atoms with Crippen molar-refractivity contribution in [3.05, 3.63) is 35.5 Å². The van der Waals surface area contributed by atoms with Gasteiger partial charge in [0.25, 0.3) is 0 Å². The summed E-state index contributed by atoms with van der Waals surface area (Å²) in [7, 11) is 0. The molecule has 2 nitrogen and oxygen atoms in total. The highest BCUT2D eigenvalue weighted by atomic mass is 32.1. The smallest absolute Gasteiger partial charge is 0.119 e. The summed E-state index contributed by atoms with van der Waals surface area (Å²) >= 11 is 1.66. The highest BCUT2D eigenvalue weighted by molar-refractivity contribution is 7.13. The third-order valence-corrected chi connectivity index (χ3v) is 3.13. The maximum atomic E-state index is 5.47. The average molecular weight is 219 g/mol. The topological polar surface area (TPSA) is 22.1 Å². The number of aryl methyl sites for hydroxylation is 1. The molecule has 0 saturated heterocycles. The molecule has 3 heteroatoms. The molecule has 0 aliphatic rings. The first-order valence-corrected chi connectivity index (χ1v) is 5.82. The molecule has 0 amide bonds. The van der Waals surface area contributed by atoms with Crippen molar-refractivity contribution in [2.24, 2.45) is 0 Å². The summed E-state index contributed by atoms with van der Waals surface area (Å²) in [6, 6.07) is 8.13. The predicted octanol–water partition coefficient (Wildman–Crippen LogP) is 3.52. The largest absolute Gasteiger partial charge is 0.494 e. The van der Waals surface area contributed by atoms with Crippen LogP contribution >= 0.6 is 11.3 Å². The van der Waals surface area contributed by atoms with Crippen LogP contribution in [-0.4, -0.2) is 11.6 Å². The van der Waals surface area contributed by atoms with Crippen molar-refractivity contribution < 1.29 is 4.74 Å². The first-order chi connectivity index (χ1) is 7.31. The van der Waals surface area contributed by atoms with Crippen LogP contribution in [0.3, 0.4) is 0 Å². The van der Waals surface area contributed by atoms with Crippen molar-refractivity contribution in [1.29, 1.82) is 0 Å². The van der Waals surface area contributed by atoms with Gasteiger partial charge in [-0.05, 0) is 31.5 Å². The van der Waals surface area contributed by atoms with Crippen molar-refractivity contribution in [2.75, 3.05) is 6.61 Å². The Labute approximate surface area is 93.6 Å². The molecule has 1 aromatic carbocycles. The summed E-state index contributed by atoms with van der Waals surface area (Å²) in [5.74, 6) is 0.919. The fourth-order valence-electron chi connectivity index (χ4n) is 1.47. The fourth-order valence-corrected chi connectivity index (χ4v) is 2.28. The van der Waals surface area contributed by atoms with E-state index in [9.17, 15) is 0 Å². The second-order valence-electron chi connectivity index (χ2n) is 3.23. The maximum Gasteiger partial charge on any atom is 0.119 e. The molecule has 0 radical (unpaired) electrons. The normalized spacial score (nSPS) is 10.3. The number of aromatic nitrogens is 1. The summed E-state index contributed by atoms with van der Waals surface area (Å²) in [4.78, 5) is 5.47. The zero-order valence-electron chi connectivity index (χ0n) is 8.86. The third-order valence-electron chi connectivity index (χ3n) is 2.15. The molecule has 0 spiro atoms. The minimum atomic E-state index is 0.700. The Balaban J connectivity index is 2.37. The van der Waals surface area contributed by atoms with Crippen molar-refractivity contribution in [3.63, 3.8) is 0 Å². The highest BCUT2D eigenvalue weighted by Crippen LogP contribution is 2.29. The second kappa shape index (κ2) is 4.45. The molecule has 0 fully saturated rings.